The number of nitrogens with two attached hydrogens (primary N) is 1. The summed E-state index contributed by atoms with van der Waals surface area (Å²) in [5.74, 6) is 2.12. The lowest BCUT2D eigenvalue weighted by Gasteiger charge is -2.24. The topological polar surface area (TPSA) is 46.3 Å². The number of nitrogens with zero attached hydrogens (tertiary/aromatic N) is 1. The summed E-state index contributed by atoms with van der Waals surface area (Å²) >= 11 is 0. The molecule has 2 fully saturated rings. The number of rotatable bonds is 3. The molecule has 2 aliphatic rings. The molecular formula is C11H20N2O. The van der Waals surface area contributed by atoms with Crippen LogP contribution >= 0.6 is 0 Å². The lowest BCUT2D eigenvalue weighted by Crippen LogP contribution is -2.41. The van der Waals surface area contributed by atoms with Gasteiger partial charge in [0.1, 0.15) is 0 Å². The van der Waals surface area contributed by atoms with E-state index in [1.165, 1.54) is 19.3 Å². The number of carbonyl (C=O) groups excluding carboxylic acids is 1. The third kappa shape index (κ3) is 1.44. The SMILES string of the molecule is CC(CN)N(C)C(=O)C1C2CCCC21. The van der Waals surface area contributed by atoms with Gasteiger partial charge in [-0.2, -0.15) is 0 Å². The summed E-state index contributed by atoms with van der Waals surface area (Å²) in [5.41, 5.74) is 5.55. The Labute approximate surface area is 85.6 Å². The molecule has 3 nitrogen and oxygen atoms in total. The highest BCUT2D eigenvalue weighted by Gasteiger charge is 2.57. The van der Waals surface area contributed by atoms with E-state index in [1.54, 1.807) is 0 Å². The molecule has 0 aromatic carbocycles. The summed E-state index contributed by atoms with van der Waals surface area (Å²) in [5, 5.41) is 0. The van der Waals surface area contributed by atoms with E-state index in [9.17, 15) is 4.79 Å². The zero-order chi connectivity index (χ0) is 10.3. The molecule has 2 saturated carbocycles. The van der Waals surface area contributed by atoms with Crippen LogP contribution in [0.15, 0.2) is 0 Å². The monoisotopic (exact) mass is 196 g/mol. The maximum Gasteiger partial charge on any atom is 0.226 e. The van der Waals surface area contributed by atoms with Crippen molar-refractivity contribution in [3.63, 3.8) is 0 Å². The molecule has 0 saturated heterocycles. The maximum atomic E-state index is 12.0. The molecule has 3 atom stereocenters. The zero-order valence-electron chi connectivity index (χ0n) is 9.07. The quantitative estimate of drug-likeness (QED) is 0.727. The summed E-state index contributed by atoms with van der Waals surface area (Å²) in [6, 6.07) is 0.184. The molecular weight excluding hydrogens is 176 g/mol. The van der Waals surface area contributed by atoms with Crippen molar-refractivity contribution in [2.45, 2.75) is 32.2 Å². The third-order valence-electron chi connectivity index (χ3n) is 4.04. The van der Waals surface area contributed by atoms with Gasteiger partial charge in [0.05, 0.1) is 0 Å². The molecule has 80 valence electrons. The van der Waals surface area contributed by atoms with Gasteiger partial charge < -0.3 is 10.6 Å². The molecule has 1 amide bonds. The van der Waals surface area contributed by atoms with Crippen molar-refractivity contribution < 1.29 is 4.79 Å². The fourth-order valence-electron chi connectivity index (χ4n) is 2.80. The van der Waals surface area contributed by atoms with E-state index in [1.807, 2.05) is 18.9 Å². The molecule has 0 aromatic heterocycles. The van der Waals surface area contributed by atoms with Crippen molar-refractivity contribution in [2.24, 2.45) is 23.5 Å². The number of carbonyl (C=O) groups is 1. The van der Waals surface area contributed by atoms with Gasteiger partial charge in [0.15, 0.2) is 0 Å². The largest absolute Gasteiger partial charge is 0.342 e. The van der Waals surface area contributed by atoms with Gasteiger partial charge >= 0.3 is 0 Å². The Kier molecular flexibility index (Phi) is 2.52. The summed E-state index contributed by atoms with van der Waals surface area (Å²) in [4.78, 5) is 13.8. The average Bonchev–Trinajstić information content (AvgIpc) is 2.68. The van der Waals surface area contributed by atoms with E-state index < -0.39 is 0 Å². The smallest absolute Gasteiger partial charge is 0.226 e. The minimum Gasteiger partial charge on any atom is -0.342 e. The first-order valence-electron chi connectivity index (χ1n) is 5.63. The van der Waals surface area contributed by atoms with Crippen LogP contribution in [0, 0.1) is 17.8 Å². The van der Waals surface area contributed by atoms with Crippen molar-refractivity contribution in [1.82, 2.24) is 4.90 Å². The normalized spacial score (nSPS) is 36.4. The molecule has 2 N–H and O–H groups in total. The van der Waals surface area contributed by atoms with Crippen LogP contribution < -0.4 is 5.73 Å². The molecule has 2 aliphatic carbocycles. The Morgan fingerprint density at radius 1 is 1.50 bits per heavy atom. The highest BCUT2D eigenvalue weighted by Crippen LogP contribution is 2.58. The molecule has 0 radical (unpaired) electrons. The Bertz CT molecular complexity index is 225. The highest BCUT2D eigenvalue weighted by atomic mass is 16.2. The molecule has 0 spiro atoms. The summed E-state index contributed by atoms with van der Waals surface area (Å²) in [6.45, 7) is 2.57. The van der Waals surface area contributed by atoms with Gasteiger partial charge in [-0.05, 0) is 31.6 Å². The van der Waals surface area contributed by atoms with Crippen LogP contribution in [0.4, 0.5) is 0 Å². The van der Waals surface area contributed by atoms with Crippen molar-refractivity contribution in [1.29, 1.82) is 0 Å². The molecule has 3 heteroatoms. The van der Waals surface area contributed by atoms with Gasteiger partial charge in [0.25, 0.3) is 0 Å². The van der Waals surface area contributed by atoms with Crippen molar-refractivity contribution in [3.8, 4) is 0 Å². The van der Waals surface area contributed by atoms with E-state index in [-0.39, 0.29) is 6.04 Å². The summed E-state index contributed by atoms with van der Waals surface area (Å²) < 4.78 is 0. The minimum atomic E-state index is 0.184. The number of likely N-dealkylation sites (N-methyl/N-ethyl adjacent to an activating group) is 1. The number of amides is 1. The number of fused-ring (bicyclic) bond motifs is 1. The Morgan fingerprint density at radius 3 is 2.57 bits per heavy atom. The molecule has 0 aromatic rings. The zero-order valence-corrected chi connectivity index (χ0v) is 9.07. The third-order valence-corrected chi connectivity index (χ3v) is 4.04. The Hall–Kier alpha value is -0.570. The molecule has 3 unspecified atom stereocenters. The lowest BCUT2D eigenvalue weighted by atomic mass is 10.1. The molecule has 0 aliphatic heterocycles. The Balaban J connectivity index is 1.90. The fourth-order valence-corrected chi connectivity index (χ4v) is 2.80. The van der Waals surface area contributed by atoms with Crippen LogP contribution in [0.5, 0.6) is 0 Å². The average molecular weight is 196 g/mol. The predicted octanol–water partition coefficient (Wildman–Crippen LogP) is 0.838. The molecule has 14 heavy (non-hydrogen) atoms. The Morgan fingerprint density at radius 2 is 2.07 bits per heavy atom. The fraction of sp³-hybridized carbons (Fsp3) is 0.909. The van der Waals surface area contributed by atoms with Crippen LogP contribution in [0.25, 0.3) is 0 Å². The highest BCUT2D eigenvalue weighted by molar-refractivity contribution is 5.82. The van der Waals surface area contributed by atoms with Gasteiger partial charge in [-0.3, -0.25) is 4.79 Å². The standard InChI is InChI=1S/C11H20N2O/c1-7(6-12)13(2)11(14)10-8-4-3-5-9(8)10/h7-10H,3-6,12H2,1-2H3. The van der Waals surface area contributed by atoms with E-state index in [0.29, 0.717) is 18.4 Å². The predicted molar refractivity (Wildman–Crippen MR) is 55.6 cm³/mol. The minimum absolute atomic E-state index is 0.184. The molecule has 2 rings (SSSR count). The second-order valence-corrected chi connectivity index (χ2v) is 4.82. The first-order valence-corrected chi connectivity index (χ1v) is 5.63. The van der Waals surface area contributed by atoms with E-state index in [0.717, 1.165) is 11.8 Å². The van der Waals surface area contributed by atoms with Gasteiger partial charge in [-0.15, -0.1) is 0 Å². The van der Waals surface area contributed by atoms with Crippen molar-refractivity contribution in [3.05, 3.63) is 0 Å². The van der Waals surface area contributed by atoms with E-state index >= 15 is 0 Å². The summed E-state index contributed by atoms with van der Waals surface area (Å²) in [7, 11) is 1.88. The lowest BCUT2D eigenvalue weighted by molar-refractivity contribution is -0.133. The van der Waals surface area contributed by atoms with E-state index in [2.05, 4.69) is 0 Å². The van der Waals surface area contributed by atoms with Gasteiger partial charge in [0.2, 0.25) is 5.91 Å². The number of hydrogen-bond donors (Lipinski definition) is 1. The first-order chi connectivity index (χ1) is 6.66. The van der Waals surface area contributed by atoms with Crippen molar-refractivity contribution >= 4 is 5.91 Å². The second-order valence-electron chi connectivity index (χ2n) is 4.82. The van der Waals surface area contributed by atoms with Crippen LogP contribution in [-0.2, 0) is 4.79 Å². The summed E-state index contributed by atoms with van der Waals surface area (Å²) in [6.07, 6.45) is 3.87. The second kappa shape index (κ2) is 3.54. The number of hydrogen-bond acceptors (Lipinski definition) is 2. The maximum absolute atomic E-state index is 12.0. The molecule has 0 heterocycles. The first kappa shape index (κ1) is 9.97. The molecule has 0 bridgehead atoms. The van der Waals surface area contributed by atoms with Crippen LogP contribution in [-0.4, -0.2) is 30.4 Å². The van der Waals surface area contributed by atoms with Crippen LogP contribution in [0.2, 0.25) is 0 Å². The van der Waals surface area contributed by atoms with Crippen LogP contribution in [0.3, 0.4) is 0 Å². The van der Waals surface area contributed by atoms with Gasteiger partial charge in [0, 0.05) is 25.6 Å². The van der Waals surface area contributed by atoms with Gasteiger partial charge in [-0.1, -0.05) is 6.42 Å². The van der Waals surface area contributed by atoms with Crippen molar-refractivity contribution in [2.75, 3.05) is 13.6 Å². The van der Waals surface area contributed by atoms with Crippen LogP contribution in [0.1, 0.15) is 26.2 Å². The van der Waals surface area contributed by atoms with E-state index in [4.69, 9.17) is 5.73 Å². The van der Waals surface area contributed by atoms with Gasteiger partial charge in [-0.25, -0.2) is 0 Å².